The number of carbonyl (C=O) groups is 1. The van der Waals surface area contributed by atoms with E-state index in [1.165, 1.54) is 6.07 Å². The van der Waals surface area contributed by atoms with E-state index in [1.54, 1.807) is 0 Å². The first-order valence-electron chi connectivity index (χ1n) is 6.42. The van der Waals surface area contributed by atoms with Gasteiger partial charge in [-0.1, -0.05) is 0 Å². The van der Waals surface area contributed by atoms with Crippen LogP contribution in [0.4, 0.5) is 11.8 Å². The first-order valence-corrected chi connectivity index (χ1v) is 6.42. The van der Waals surface area contributed by atoms with E-state index in [0.717, 1.165) is 13.1 Å². The van der Waals surface area contributed by atoms with Gasteiger partial charge in [0.25, 0.3) is 5.91 Å². The van der Waals surface area contributed by atoms with Crippen molar-refractivity contribution in [3.8, 4) is 0 Å². The second-order valence-corrected chi connectivity index (χ2v) is 4.74. The van der Waals surface area contributed by atoms with E-state index in [2.05, 4.69) is 20.2 Å². The Balaban J connectivity index is 2.92. The lowest BCUT2D eigenvalue weighted by atomic mass is 10.3. The number of aromatic nitrogens is 2. The van der Waals surface area contributed by atoms with E-state index in [4.69, 9.17) is 11.5 Å². The van der Waals surface area contributed by atoms with Crippen LogP contribution in [0.5, 0.6) is 0 Å². The summed E-state index contributed by atoms with van der Waals surface area (Å²) >= 11 is 0. The maximum absolute atomic E-state index is 11.3. The lowest BCUT2D eigenvalue weighted by molar-refractivity contribution is 0.0995. The summed E-state index contributed by atoms with van der Waals surface area (Å²) in [5.74, 6) is 0.430. The molecule has 112 valence electrons. The highest BCUT2D eigenvalue weighted by molar-refractivity contribution is 5.91. The largest absolute Gasteiger partial charge is 0.369 e. The third-order valence-corrected chi connectivity index (χ3v) is 2.64. The molecule has 0 aliphatic carbocycles. The Hall–Kier alpha value is -1.93. The SMILES string of the molecule is CN(C)CCN(C)c1nc(NCCN)cc(C(N)=O)n1. The highest BCUT2D eigenvalue weighted by Crippen LogP contribution is 2.12. The van der Waals surface area contributed by atoms with Gasteiger partial charge in [-0.2, -0.15) is 4.98 Å². The molecule has 0 aliphatic heterocycles. The van der Waals surface area contributed by atoms with Gasteiger partial charge in [0, 0.05) is 39.3 Å². The van der Waals surface area contributed by atoms with Gasteiger partial charge in [-0.15, -0.1) is 0 Å². The molecule has 1 aromatic heterocycles. The number of rotatable bonds is 8. The highest BCUT2D eigenvalue weighted by atomic mass is 16.1. The van der Waals surface area contributed by atoms with Crippen LogP contribution in [0.15, 0.2) is 6.07 Å². The Morgan fingerprint density at radius 1 is 1.30 bits per heavy atom. The minimum absolute atomic E-state index is 0.186. The molecule has 1 rings (SSSR count). The summed E-state index contributed by atoms with van der Waals surface area (Å²) in [5.41, 5.74) is 10.9. The fourth-order valence-electron chi connectivity index (χ4n) is 1.47. The fraction of sp³-hybridized carbons (Fsp3) is 0.583. The van der Waals surface area contributed by atoms with Crippen LogP contribution in [0.25, 0.3) is 0 Å². The molecule has 1 amide bonds. The summed E-state index contributed by atoms with van der Waals surface area (Å²) in [5, 5.41) is 3.03. The molecular formula is C12H23N7O. The molecule has 8 heteroatoms. The van der Waals surface area contributed by atoms with Crippen molar-refractivity contribution in [3.63, 3.8) is 0 Å². The number of nitrogens with one attached hydrogen (secondary N) is 1. The molecule has 5 N–H and O–H groups in total. The predicted molar refractivity (Wildman–Crippen MR) is 79.9 cm³/mol. The van der Waals surface area contributed by atoms with Gasteiger partial charge in [-0.05, 0) is 14.1 Å². The quantitative estimate of drug-likeness (QED) is 0.557. The minimum Gasteiger partial charge on any atom is -0.369 e. The van der Waals surface area contributed by atoms with Crippen LogP contribution >= 0.6 is 0 Å². The average molecular weight is 281 g/mol. The van der Waals surface area contributed by atoms with Gasteiger partial charge >= 0.3 is 0 Å². The maximum atomic E-state index is 11.3. The lowest BCUT2D eigenvalue weighted by Crippen LogP contribution is -2.30. The molecule has 0 radical (unpaired) electrons. The molecule has 0 spiro atoms. The van der Waals surface area contributed by atoms with E-state index in [9.17, 15) is 4.79 Å². The Morgan fingerprint density at radius 3 is 2.55 bits per heavy atom. The van der Waals surface area contributed by atoms with Crippen LogP contribution in [0.2, 0.25) is 0 Å². The zero-order chi connectivity index (χ0) is 15.1. The van der Waals surface area contributed by atoms with Gasteiger partial charge < -0.3 is 26.6 Å². The van der Waals surface area contributed by atoms with Gasteiger partial charge in [0.1, 0.15) is 11.5 Å². The smallest absolute Gasteiger partial charge is 0.267 e. The Morgan fingerprint density at radius 2 is 2.00 bits per heavy atom. The van der Waals surface area contributed by atoms with Crippen molar-refractivity contribution >= 4 is 17.7 Å². The van der Waals surface area contributed by atoms with Gasteiger partial charge in [0.2, 0.25) is 5.95 Å². The van der Waals surface area contributed by atoms with Crippen molar-refractivity contribution in [1.82, 2.24) is 14.9 Å². The molecule has 0 aromatic carbocycles. The Kier molecular flexibility index (Phi) is 6.13. The van der Waals surface area contributed by atoms with Crippen LogP contribution in [-0.4, -0.2) is 68.1 Å². The third kappa shape index (κ3) is 4.98. The van der Waals surface area contributed by atoms with Crippen LogP contribution in [0.1, 0.15) is 10.5 Å². The summed E-state index contributed by atoms with van der Waals surface area (Å²) in [6, 6.07) is 1.53. The Labute approximate surface area is 119 Å². The number of primary amides is 1. The number of hydrogen-bond acceptors (Lipinski definition) is 7. The van der Waals surface area contributed by atoms with Crippen molar-refractivity contribution in [1.29, 1.82) is 0 Å². The zero-order valence-corrected chi connectivity index (χ0v) is 12.3. The molecule has 8 nitrogen and oxygen atoms in total. The zero-order valence-electron chi connectivity index (χ0n) is 12.3. The molecule has 1 heterocycles. The van der Waals surface area contributed by atoms with E-state index < -0.39 is 5.91 Å². The summed E-state index contributed by atoms with van der Waals surface area (Å²) in [7, 11) is 5.85. The number of likely N-dealkylation sites (N-methyl/N-ethyl adjacent to an activating group) is 2. The molecular weight excluding hydrogens is 258 g/mol. The van der Waals surface area contributed by atoms with Crippen LogP contribution in [0.3, 0.4) is 0 Å². The van der Waals surface area contributed by atoms with Crippen molar-refractivity contribution in [2.24, 2.45) is 11.5 Å². The normalized spacial score (nSPS) is 10.7. The van der Waals surface area contributed by atoms with E-state index in [1.807, 2.05) is 26.0 Å². The molecule has 0 aliphatic rings. The van der Waals surface area contributed by atoms with Crippen LogP contribution < -0.4 is 21.7 Å². The molecule has 20 heavy (non-hydrogen) atoms. The number of nitrogens with zero attached hydrogens (tertiary/aromatic N) is 4. The summed E-state index contributed by atoms with van der Waals surface area (Å²) < 4.78 is 0. The van der Waals surface area contributed by atoms with Crippen molar-refractivity contribution in [3.05, 3.63) is 11.8 Å². The number of hydrogen-bond donors (Lipinski definition) is 3. The van der Waals surface area contributed by atoms with Crippen molar-refractivity contribution in [2.75, 3.05) is 57.5 Å². The number of anilines is 2. The number of nitrogens with two attached hydrogens (primary N) is 2. The van der Waals surface area contributed by atoms with Gasteiger partial charge in [0.15, 0.2) is 0 Å². The fourth-order valence-corrected chi connectivity index (χ4v) is 1.47. The monoisotopic (exact) mass is 281 g/mol. The molecule has 0 unspecified atom stereocenters. The van der Waals surface area contributed by atoms with Crippen LogP contribution in [-0.2, 0) is 0 Å². The molecule has 1 aromatic rings. The minimum atomic E-state index is -0.578. The van der Waals surface area contributed by atoms with Gasteiger partial charge in [-0.3, -0.25) is 4.79 Å². The summed E-state index contributed by atoms with van der Waals surface area (Å²) in [6.07, 6.45) is 0. The first-order chi connectivity index (χ1) is 9.43. The second-order valence-electron chi connectivity index (χ2n) is 4.74. The van der Waals surface area contributed by atoms with E-state index in [0.29, 0.717) is 24.9 Å². The summed E-state index contributed by atoms with van der Waals surface area (Å²) in [6.45, 7) is 2.63. The van der Waals surface area contributed by atoms with Crippen molar-refractivity contribution in [2.45, 2.75) is 0 Å². The number of amides is 1. The standard InChI is InChI=1S/C12H23N7O/c1-18(2)6-7-19(3)12-16-9(11(14)20)8-10(17-12)15-5-4-13/h8H,4-7,13H2,1-3H3,(H2,14,20)(H,15,16,17). The lowest BCUT2D eigenvalue weighted by Gasteiger charge is -2.20. The number of carbonyl (C=O) groups excluding carboxylic acids is 1. The molecule has 0 bridgehead atoms. The highest BCUT2D eigenvalue weighted by Gasteiger charge is 2.12. The molecule has 0 saturated heterocycles. The first kappa shape index (κ1) is 16.1. The molecule has 0 fully saturated rings. The summed E-state index contributed by atoms with van der Waals surface area (Å²) in [4.78, 5) is 23.8. The van der Waals surface area contributed by atoms with E-state index in [-0.39, 0.29) is 5.69 Å². The Bertz CT molecular complexity index is 449. The van der Waals surface area contributed by atoms with Gasteiger partial charge in [0.05, 0.1) is 0 Å². The predicted octanol–water partition coefficient (Wildman–Crippen LogP) is -1.06. The van der Waals surface area contributed by atoms with Gasteiger partial charge in [-0.25, -0.2) is 4.98 Å². The topological polar surface area (TPSA) is 113 Å². The molecule has 0 atom stereocenters. The van der Waals surface area contributed by atoms with Crippen molar-refractivity contribution < 1.29 is 4.79 Å². The second kappa shape index (κ2) is 7.61. The average Bonchev–Trinajstić information content (AvgIpc) is 2.41. The molecule has 0 saturated carbocycles. The maximum Gasteiger partial charge on any atom is 0.267 e. The third-order valence-electron chi connectivity index (χ3n) is 2.64. The van der Waals surface area contributed by atoms with E-state index >= 15 is 0 Å². The van der Waals surface area contributed by atoms with Crippen LogP contribution in [0, 0.1) is 0 Å².